The van der Waals surface area contributed by atoms with Gasteiger partial charge in [-0.3, -0.25) is 0 Å². The van der Waals surface area contributed by atoms with Crippen LogP contribution >= 0.6 is 0 Å². The van der Waals surface area contributed by atoms with Crippen LogP contribution in [-0.4, -0.2) is 25.0 Å². The number of rotatable bonds is 0. The minimum absolute atomic E-state index is 0.859. The maximum absolute atomic E-state index is 2.69. The van der Waals surface area contributed by atoms with E-state index in [9.17, 15) is 0 Å². The van der Waals surface area contributed by atoms with Crippen molar-refractivity contribution >= 4 is 0 Å². The summed E-state index contributed by atoms with van der Waals surface area (Å²) in [7, 11) is 2.30. The second-order valence-electron chi connectivity index (χ2n) is 9.13. The molecule has 3 aliphatic carbocycles. The molecule has 1 aliphatic heterocycles. The zero-order valence-corrected chi connectivity index (χ0v) is 15.8. The molecule has 4 rings (SSSR count). The van der Waals surface area contributed by atoms with E-state index in [0.717, 1.165) is 23.7 Å². The Morgan fingerprint density at radius 3 is 2.46 bits per heavy atom. The van der Waals surface area contributed by atoms with Crippen LogP contribution in [0.15, 0.2) is 23.3 Å². The first-order valence-electron chi connectivity index (χ1n) is 10.9. The van der Waals surface area contributed by atoms with Crippen molar-refractivity contribution in [2.45, 2.75) is 77.0 Å². The van der Waals surface area contributed by atoms with Gasteiger partial charge in [-0.15, -0.1) is 0 Å². The van der Waals surface area contributed by atoms with Crippen molar-refractivity contribution in [3.8, 4) is 0 Å². The van der Waals surface area contributed by atoms with Crippen molar-refractivity contribution in [1.82, 2.24) is 4.90 Å². The van der Waals surface area contributed by atoms with Crippen LogP contribution in [0.5, 0.6) is 0 Å². The van der Waals surface area contributed by atoms with E-state index in [2.05, 4.69) is 24.1 Å². The first kappa shape index (κ1) is 16.9. The van der Waals surface area contributed by atoms with Crippen LogP contribution in [0.1, 0.15) is 77.0 Å². The van der Waals surface area contributed by atoms with Gasteiger partial charge < -0.3 is 4.90 Å². The summed E-state index contributed by atoms with van der Waals surface area (Å²) >= 11 is 0. The van der Waals surface area contributed by atoms with Crippen molar-refractivity contribution in [3.63, 3.8) is 0 Å². The average molecular weight is 328 g/mol. The zero-order valence-electron chi connectivity index (χ0n) is 15.8. The molecule has 24 heavy (non-hydrogen) atoms. The van der Waals surface area contributed by atoms with Gasteiger partial charge in [0.05, 0.1) is 0 Å². The second-order valence-corrected chi connectivity index (χ2v) is 9.13. The number of hydrogen-bond acceptors (Lipinski definition) is 1. The summed E-state index contributed by atoms with van der Waals surface area (Å²) in [6.45, 7) is 2.59. The van der Waals surface area contributed by atoms with Gasteiger partial charge in [-0.05, 0) is 75.7 Å². The largest absolute Gasteiger partial charge is 0.306 e. The first-order chi connectivity index (χ1) is 11.8. The van der Waals surface area contributed by atoms with Gasteiger partial charge in [0.25, 0.3) is 0 Å². The number of likely N-dealkylation sites (tertiary alicyclic amines) is 1. The Bertz CT molecular complexity index is 478. The summed E-state index contributed by atoms with van der Waals surface area (Å²) in [5.74, 6) is 3.55. The quantitative estimate of drug-likeness (QED) is 0.495. The predicted octanol–water partition coefficient (Wildman–Crippen LogP) is 5.97. The lowest BCUT2D eigenvalue weighted by Crippen LogP contribution is -2.30. The van der Waals surface area contributed by atoms with Gasteiger partial charge in [0, 0.05) is 13.1 Å². The summed E-state index contributed by atoms with van der Waals surface area (Å²) in [4.78, 5) is 2.54. The first-order valence-corrected chi connectivity index (χ1v) is 10.9. The molecule has 2 bridgehead atoms. The lowest BCUT2D eigenvalue weighted by molar-refractivity contribution is 0.293. The average Bonchev–Trinajstić information content (AvgIpc) is 2.95. The fourth-order valence-electron chi connectivity index (χ4n) is 6.14. The van der Waals surface area contributed by atoms with Crippen molar-refractivity contribution in [2.75, 3.05) is 20.1 Å². The third-order valence-corrected chi connectivity index (χ3v) is 7.50. The van der Waals surface area contributed by atoms with Gasteiger partial charge in [0.1, 0.15) is 0 Å². The molecule has 2 saturated carbocycles. The van der Waals surface area contributed by atoms with E-state index in [1.165, 1.54) is 90.1 Å². The highest BCUT2D eigenvalue weighted by molar-refractivity contribution is 5.26. The van der Waals surface area contributed by atoms with Crippen molar-refractivity contribution in [3.05, 3.63) is 23.3 Å². The maximum atomic E-state index is 2.69. The summed E-state index contributed by atoms with van der Waals surface area (Å²) in [5, 5.41) is 0. The summed E-state index contributed by atoms with van der Waals surface area (Å²) < 4.78 is 0. The van der Waals surface area contributed by atoms with E-state index < -0.39 is 0 Å². The smallest absolute Gasteiger partial charge is 0.00158 e. The normalized spacial score (nSPS) is 40.0. The summed E-state index contributed by atoms with van der Waals surface area (Å²) in [6.07, 6.45) is 22.8. The van der Waals surface area contributed by atoms with Crippen LogP contribution in [0.2, 0.25) is 0 Å². The van der Waals surface area contributed by atoms with Crippen LogP contribution in [0.25, 0.3) is 0 Å². The second kappa shape index (κ2) is 7.77. The highest BCUT2D eigenvalue weighted by Crippen LogP contribution is 2.47. The molecule has 4 unspecified atom stereocenters. The van der Waals surface area contributed by atoms with Crippen LogP contribution < -0.4 is 0 Å². The van der Waals surface area contributed by atoms with Crippen LogP contribution in [0, 0.1) is 23.7 Å². The standard InChI is InChI=1S/C23H37N/c1-24-15-13-20(14-16-24)23-21-9-6-5-7-18(17-21)11-12-19-8-3-2-4-10-22(19)23/h11-12,18-19,21-22H,2-10,13-17H2,1H3/b12-11-. The molecule has 0 amide bonds. The predicted molar refractivity (Wildman–Crippen MR) is 103 cm³/mol. The molecule has 0 aromatic carbocycles. The molecule has 4 atom stereocenters. The molecule has 0 radical (unpaired) electrons. The van der Waals surface area contributed by atoms with Gasteiger partial charge in [-0.25, -0.2) is 0 Å². The Morgan fingerprint density at radius 1 is 0.833 bits per heavy atom. The van der Waals surface area contributed by atoms with Gasteiger partial charge >= 0.3 is 0 Å². The molecule has 0 spiro atoms. The van der Waals surface area contributed by atoms with Crippen molar-refractivity contribution in [2.24, 2.45) is 23.7 Å². The van der Waals surface area contributed by atoms with Crippen molar-refractivity contribution < 1.29 is 0 Å². The lowest BCUT2D eigenvalue weighted by Gasteiger charge is -2.38. The molecule has 4 aliphatic rings. The van der Waals surface area contributed by atoms with Crippen LogP contribution in [0.4, 0.5) is 0 Å². The molecule has 0 aromatic heterocycles. The summed E-state index contributed by atoms with van der Waals surface area (Å²) in [5.41, 5.74) is 3.91. The molecular formula is C23H37N. The fourth-order valence-corrected chi connectivity index (χ4v) is 6.14. The van der Waals surface area contributed by atoms with Crippen LogP contribution in [-0.2, 0) is 0 Å². The molecule has 1 heteroatoms. The van der Waals surface area contributed by atoms with Gasteiger partial charge in [0.2, 0.25) is 0 Å². The van der Waals surface area contributed by atoms with Gasteiger partial charge in [0.15, 0.2) is 0 Å². The van der Waals surface area contributed by atoms with Crippen molar-refractivity contribution in [1.29, 1.82) is 0 Å². The Balaban J connectivity index is 1.72. The topological polar surface area (TPSA) is 3.24 Å². The number of allylic oxidation sites excluding steroid dienone is 3. The highest BCUT2D eigenvalue weighted by Gasteiger charge is 2.35. The molecule has 0 aromatic rings. The monoisotopic (exact) mass is 327 g/mol. The molecule has 3 fully saturated rings. The number of hydrogen-bond donors (Lipinski definition) is 0. The Morgan fingerprint density at radius 2 is 1.58 bits per heavy atom. The molecule has 1 nitrogen and oxygen atoms in total. The molecule has 1 saturated heterocycles. The molecule has 0 N–H and O–H groups in total. The Labute approximate surface area is 149 Å². The van der Waals surface area contributed by atoms with E-state index >= 15 is 0 Å². The zero-order chi connectivity index (χ0) is 16.4. The summed E-state index contributed by atoms with van der Waals surface area (Å²) in [6, 6.07) is 0. The van der Waals surface area contributed by atoms with E-state index in [1.807, 2.05) is 11.1 Å². The third-order valence-electron chi connectivity index (χ3n) is 7.50. The Hall–Kier alpha value is -0.560. The minimum Gasteiger partial charge on any atom is -0.306 e. The highest BCUT2D eigenvalue weighted by atomic mass is 15.1. The number of nitrogens with zero attached hydrogens (tertiary/aromatic N) is 1. The van der Waals surface area contributed by atoms with Gasteiger partial charge in [-0.1, -0.05) is 55.4 Å². The minimum atomic E-state index is 0.859. The number of fused-ring (bicyclic) bond motifs is 3. The fraction of sp³-hybridized carbons (Fsp3) is 0.826. The van der Waals surface area contributed by atoms with E-state index in [4.69, 9.17) is 0 Å². The maximum Gasteiger partial charge on any atom is 0.00158 e. The SMILES string of the molecule is CN1CCC(=C2C3CCCCC(/C=C\C4CCCCCC24)C3)CC1. The Kier molecular flexibility index (Phi) is 5.46. The molecule has 1 heterocycles. The van der Waals surface area contributed by atoms with E-state index in [0.29, 0.717) is 0 Å². The van der Waals surface area contributed by atoms with E-state index in [1.54, 1.807) is 0 Å². The van der Waals surface area contributed by atoms with E-state index in [-0.39, 0.29) is 0 Å². The lowest BCUT2D eigenvalue weighted by atomic mass is 9.69. The van der Waals surface area contributed by atoms with Crippen LogP contribution in [0.3, 0.4) is 0 Å². The molecule has 134 valence electrons. The molecular weight excluding hydrogens is 290 g/mol. The third kappa shape index (κ3) is 3.66. The number of piperidine rings is 1. The van der Waals surface area contributed by atoms with Gasteiger partial charge in [-0.2, -0.15) is 0 Å².